The van der Waals surface area contributed by atoms with Gasteiger partial charge in [0.25, 0.3) is 0 Å². The molecule has 1 aromatic heterocycles. The Kier molecular flexibility index (Phi) is 3.23. The number of ether oxygens (including phenoxy) is 1. The van der Waals surface area contributed by atoms with Crippen LogP contribution < -0.4 is 0 Å². The third-order valence-corrected chi connectivity index (χ3v) is 4.21. The molecule has 1 unspecified atom stereocenters. The van der Waals surface area contributed by atoms with Crippen molar-refractivity contribution in [1.29, 1.82) is 0 Å². The van der Waals surface area contributed by atoms with Crippen LogP contribution in [0, 0.1) is 5.41 Å². The number of aliphatic hydroxyl groups is 1. The van der Waals surface area contributed by atoms with Gasteiger partial charge in [0.15, 0.2) is 0 Å². The van der Waals surface area contributed by atoms with E-state index >= 15 is 0 Å². The predicted molar refractivity (Wildman–Crippen MR) is 66.0 cm³/mol. The van der Waals surface area contributed by atoms with Crippen molar-refractivity contribution in [2.45, 2.75) is 38.8 Å². The second kappa shape index (κ2) is 4.26. The molecular formula is C12H19ClN2O2. The lowest BCUT2D eigenvalue weighted by Gasteiger charge is -2.31. The molecule has 1 N–H and O–H groups in total. The first-order chi connectivity index (χ1) is 7.92. The van der Waals surface area contributed by atoms with E-state index in [2.05, 4.69) is 12.0 Å². The van der Waals surface area contributed by atoms with Gasteiger partial charge in [-0.15, -0.1) is 0 Å². The zero-order valence-corrected chi connectivity index (χ0v) is 11.3. The number of rotatable bonds is 5. The monoisotopic (exact) mass is 258 g/mol. The topological polar surface area (TPSA) is 47.3 Å². The molecule has 0 radical (unpaired) electrons. The first-order valence-electron chi connectivity index (χ1n) is 5.85. The minimum absolute atomic E-state index is 0.0819. The second-order valence-electron chi connectivity index (χ2n) is 5.19. The summed E-state index contributed by atoms with van der Waals surface area (Å²) < 4.78 is 6.78. The summed E-state index contributed by atoms with van der Waals surface area (Å²) >= 11 is 6.16. The van der Waals surface area contributed by atoms with E-state index in [-0.39, 0.29) is 5.41 Å². The van der Waals surface area contributed by atoms with E-state index in [1.54, 1.807) is 18.0 Å². The van der Waals surface area contributed by atoms with Crippen molar-refractivity contribution in [3.05, 3.63) is 16.9 Å². The Morgan fingerprint density at radius 3 is 2.82 bits per heavy atom. The maximum Gasteiger partial charge on any atom is 0.110 e. The first kappa shape index (κ1) is 12.9. The van der Waals surface area contributed by atoms with E-state index in [1.165, 1.54) is 0 Å². The van der Waals surface area contributed by atoms with Gasteiger partial charge in [0.2, 0.25) is 0 Å². The molecule has 0 amide bonds. The van der Waals surface area contributed by atoms with E-state index in [0.717, 1.165) is 12.8 Å². The van der Waals surface area contributed by atoms with Crippen LogP contribution in [-0.2, 0) is 16.9 Å². The fraction of sp³-hybridized carbons (Fsp3) is 0.750. The van der Waals surface area contributed by atoms with Crippen LogP contribution in [-0.4, -0.2) is 28.6 Å². The normalized spacial score (nSPS) is 21.2. The highest BCUT2D eigenvalue weighted by atomic mass is 35.5. The van der Waals surface area contributed by atoms with Gasteiger partial charge in [0.1, 0.15) is 5.60 Å². The molecule has 4 nitrogen and oxygen atoms in total. The summed E-state index contributed by atoms with van der Waals surface area (Å²) in [5.74, 6) is 0. The third-order valence-electron chi connectivity index (χ3n) is 3.94. The molecule has 5 heteroatoms. The van der Waals surface area contributed by atoms with Gasteiger partial charge in [-0.1, -0.05) is 18.5 Å². The minimum atomic E-state index is -0.936. The van der Waals surface area contributed by atoms with E-state index in [4.69, 9.17) is 16.3 Å². The number of methoxy groups -OCH3 is 1. The lowest BCUT2D eigenvalue weighted by atomic mass is 9.84. The fourth-order valence-corrected chi connectivity index (χ4v) is 2.48. The van der Waals surface area contributed by atoms with Gasteiger partial charge in [0.05, 0.1) is 30.1 Å². The second-order valence-corrected chi connectivity index (χ2v) is 5.60. The number of halogens is 1. The minimum Gasteiger partial charge on any atom is -0.383 e. The molecule has 17 heavy (non-hydrogen) atoms. The molecule has 1 aliphatic carbocycles. The van der Waals surface area contributed by atoms with Gasteiger partial charge < -0.3 is 9.84 Å². The number of hydrogen-bond acceptors (Lipinski definition) is 3. The Hall–Kier alpha value is -0.580. The molecule has 0 spiro atoms. The summed E-state index contributed by atoms with van der Waals surface area (Å²) in [6, 6.07) is 0. The summed E-state index contributed by atoms with van der Waals surface area (Å²) in [5.41, 5.74) is -0.313. The molecule has 0 aliphatic heterocycles. The predicted octanol–water partition coefficient (Wildman–Crippen LogP) is 2.19. The van der Waals surface area contributed by atoms with Crippen LogP contribution in [0.4, 0.5) is 0 Å². The highest BCUT2D eigenvalue weighted by molar-refractivity contribution is 6.31. The fourth-order valence-electron chi connectivity index (χ4n) is 2.15. The van der Waals surface area contributed by atoms with Crippen LogP contribution in [0.25, 0.3) is 0 Å². The SMILES string of the molecule is COCCn1ncc(Cl)c1C(C)(O)C1(C)CC1. The van der Waals surface area contributed by atoms with Crippen LogP contribution in [0.1, 0.15) is 32.4 Å². The first-order valence-corrected chi connectivity index (χ1v) is 6.23. The van der Waals surface area contributed by atoms with E-state index in [1.807, 2.05) is 6.92 Å². The molecule has 1 heterocycles. The van der Waals surface area contributed by atoms with Gasteiger partial charge in [-0.2, -0.15) is 5.10 Å². The average Bonchev–Trinajstić information content (AvgIpc) is 2.91. The van der Waals surface area contributed by atoms with Crippen molar-refractivity contribution < 1.29 is 9.84 Å². The van der Waals surface area contributed by atoms with Crippen LogP contribution in [0.15, 0.2) is 6.20 Å². The third kappa shape index (κ3) is 2.09. The smallest absolute Gasteiger partial charge is 0.110 e. The Morgan fingerprint density at radius 1 is 1.65 bits per heavy atom. The molecule has 1 saturated carbocycles. The number of nitrogens with zero attached hydrogens (tertiary/aromatic N) is 2. The zero-order valence-electron chi connectivity index (χ0n) is 10.5. The Labute approximate surface area is 107 Å². The molecule has 1 aliphatic rings. The summed E-state index contributed by atoms with van der Waals surface area (Å²) in [7, 11) is 1.64. The Bertz CT molecular complexity index is 411. The van der Waals surface area contributed by atoms with Crippen LogP contribution >= 0.6 is 11.6 Å². The maximum atomic E-state index is 10.7. The van der Waals surface area contributed by atoms with Crippen molar-refractivity contribution in [3.8, 4) is 0 Å². The number of hydrogen-bond donors (Lipinski definition) is 1. The van der Waals surface area contributed by atoms with E-state index < -0.39 is 5.60 Å². The molecule has 1 fully saturated rings. The summed E-state index contributed by atoms with van der Waals surface area (Å²) in [6.45, 7) is 5.06. The van der Waals surface area contributed by atoms with Gasteiger partial charge in [-0.3, -0.25) is 4.68 Å². The highest BCUT2D eigenvalue weighted by Gasteiger charge is 2.55. The number of aromatic nitrogens is 2. The summed E-state index contributed by atoms with van der Waals surface area (Å²) in [5, 5.41) is 15.5. The highest BCUT2D eigenvalue weighted by Crippen LogP contribution is 2.58. The molecule has 0 bridgehead atoms. The van der Waals surface area contributed by atoms with Gasteiger partial charge in [-0.05, 0) is 19.8 Å². The lowest BCUT2D eigenvalue weighted by molar-refractivity contribution is -0.0214. The molecule has 96 valence electrons. The standard InChI is InChI=1S/C12H19ClN2O2/c1-11(4-5-11)12(2,16)10-9(13)8-14-15(10)6-7-17-3/h8,16H,4-7H2,1-3H3. The van der Waals surface area contributed by atoms with Gasteiger partial charge in [-0.25, -0.2) is 0 Å². The van der Waals surface area contributed by atoms with Gasteiger partial charge in [0, 0.05) is 12.5 Å². The summed E-state index contributed by atoms with van der Waals surface area (Å²) in [6.07, 6.45) is 3.63. The Balaban J connectivity index is 2.33. The van der Waals surface area contributed by atoms with E-state index in [9.17, 15) is 5.11 Å². The van der Waals surface area contributed by atoms with Gasteiger partial charge >= 0.3 is 0 Å². The average molecular weight is 259 g/mol. The van der Waals surface area contributed by atoms with E-state index in [0.29, 0.717) is 23.9 Å². The quantitative estimate of drug-likeness (QED) is 0.881. The van der Waals surface area contributed by atoms with Crippen LogP contribution in [0.3, 0.4) is 0 Å². The lowest BCUT2D eigenvalue weighted by Crippen LogP contribution is -2.35. The van der Waals surface area contributed by atoms with Crippen molar-refractivity contribution in [2.75, 3.05) is 13.7 Å². The Morgan fingerprint density at radius 2 is 2.29 bits per heavy atom. The maximum absolute atomic E-state index is 10.7. The van der Waals surface area contributed by atoms with Crippen molar-refractivity contribution >= 4 is 11.6 Å². The van der Waals surface area contributed by atoms with Crippen molar-refractivity contribution in [1.82, 2.24) is 9.78 Å². The van der Waals surface area contributed by atoms with Crippen molar-refractivity contribution in [3.63, 3.8) is 0 Å². The molecule has 2 rings (SSSR count). The van der Waals surface area contributed by atoms with Crippen LogP contribution in [0.2, 0.25) is 5.02 Å². The zero-order chi connectivity index (χ0) is 12.7. The molecule has 0 saturated heterocycles. The van der Waals surface area contributed by atoms with Crippen LogP contribution in [0.5, 0.6) is 0 Å². The summed E-state index contributed by atoms with van der Waals surface area (Å²) in [4.78, 5) is 0. The molecule has 1 atom stereocenters. The molecule has 1 aromatic rings. The largest absolute Gasteiger partial charge is 0.383 e. The van der Waals surface area contributed by atoms with Crippen molar-refractivity contribution in [2.24, 2.45) is 5.41 Å². The molecule has 0 aromatic carbocycles. The molecular weight excluding hydrogens is 240 g/mol.